The standard InChI is InChI=1S/C48H54O15Si/c1-48(2)62-38-35(29-56-43(51)31-20-12-7-13-21-31)58-47(41(40(38)63-48)60-45(53)33-24-16-9-17-25-33)61-37-34(28-55-42(50)30-18-10-6-11-19-30)57-46(54-26-27-64(3,4)5)39(36(37)49)59-44(52)32-22-14-8-15-23-32/h6-25,34-41,46-47,49H,26-29H2,1-5H3/t34-,35-,36+,37-,38+,39-,40+,41-,46+,47+/m1/s1. The van der Waals surface area contributed by atoms with Gasteiger partial charge in [-0.3, -0.25) is 0 Å². The Morgan fingerprint density at radius 1 is 0.562 bits per heavy atom. The maximum atomic E-state index is 13.8. The summed E-state index contributed by atoms with van der Waals surface area (Å²) in [7, 11) is -1.66. The summed E-state index contributed by atoms with van der Waals surface area (Å²) in [5, 5.41) is 12.4. The fourth-order valence-corrected chi connectivity index (χ4v) is 8.19. The molecule has 7 rings (SSSR count). The first-order chi connectivity index (χ1) is 30.7. The summed E-state index contributed by atoms with van der Waals surface area (Å²) >= 11 is 0. The van der Waals surface area contributed by atoms with Gasteiger partial charge in [-0.2, -0.15) is 0 Å². The van der Waals surface area contributed by atoms with E-state index in [4.69, 9.17) is 47.4 Å². The molecule has 16 heteroatoms. The lowest BCUT2D eigenvalue weighted by Gasteiger charge is -2.47. The van der Waals surface area contributed by atoms with Gasteiger partial charge in [-0.25, -0.2) is 19.2 Å². The minimum absolute atomic E-state index is 0.204. The fraction of sp³-hybridized carbons (Fsp3) is 0.417. The third kappa shape index (κ3) is 11.9. The Morgan fingerprint density at radius 3 is 1.47 bits per heavy atom. The van der Waals surface area contributed by atoms with Crippen LogP contribution in [0.25, 0.3) is 0 Å². The van der Waals surface area contributed by atoms with Gasteiger partial charge < -0.3 is 52.5 Å². The van der Waals surface area contributed by atoms with Crippen molar-refractivity contribution in [3.63, 3.8) is 0 Å². The van der Waals surface area contributed by atoms with Gasteiger partial charge in [-0.15, -0.1) is 0 Å². The quantitative estimate of drug-likeness (QED) is 0.0760. The second-order valence-corrected chi connectivity index (χ2v) is 22.9. The molecule has 3 aliphatic heterocycles. The molecular weight excluding hydrogens is 845 g/mol. The maximum Gasteiger partial charge on any atom is 0.338 e. The number of esters is 4. The van der Waals surface area contributed by atoms with E-state index in [1.165, 1.54) is 0 Å². The summed E-state index contributed by atoms with van der Waals surface area (Å²) in [6.07, 6.45) is -13.4. The first-order valence-electron chi connectivity index (χ1n) is 21.2. The number of hydrogen-bond acceptors (Lipinski definition) is 15. The van der Waals surface area contributed by atoms with Crippen LogP contribution in [-0.4, -0.2) is 124 Å². The van der Waals surface area contributed by atoms with Crippen molar-refractivity contribution in [2.24, 2.45) is 0 Å². The third-order valence-corrected chi connectivity index (χ3v) is 12.5. The number of hydrogen-bond donors (Lipinski definition) is 1. The first kappa shape index (κ1) is 46.7. The molecule has 3 fully saturated rings. The summed E-state index contributed by atoms with van der Waals surface area (Å²) in [5.41, 5.74) is 0.981. The summed E-state index contributed by atoms with van der Waals surface area (Å²) in [6, 6.07) is 33.8. The molecule has 10 atom stereocenters. The number of carbonyl (C=O) groups excluding carboxylic acids is 4. The normalized spacial score (nSPS) is 27.4. The van der Waals surface area contributed by atoms with Crippen molar-refractivity contribution in [1.29, 1.82) is 0 Å². The lowest BCUT2D eigenvalue weighted by atomic mass is 9.96. The van der Waals surface area contributed by atoms with Crippen LogP contribution in [0.1, 0.15) is 55.3 Å². The van der Waals surface area contributed by atoms with Gasteiger partial charge in [0, 0.05) is 14.7 Å². The van der Waals surface area contributed by atoms with Gasteiger partial charge in [-0.1, -0.05) is 92.4 Å². The molecule has 0 saturated carbocycles. The minimum atomic E-state index is -1.72. The Balaban J connectivity index is 1.24. The van der Waals surface area contributed by atoms with Crippen LogP contribution in [-0.2, 0) is 47.4 Å². The van der Waals surface area contributed by atoms with E-state index in [0.29, 0.717) is 11.6 Å². The van der Waals surface area contributed by atoms with Crippen molar-refractivity contribution in [1.82, 2.24) is 0 Å². The van der Waals surface area contributed by atoms with E-state index in [0.717, 1.165) is 0 Å². The molecule has 0 bridgehead atoms. The first-order valence-corrected chi connectivity index (χ1v) is 24.9. The predicted molar refractivity (Wildman–Crippen MR) is 231 cm³/mol. The zero-order valence-electron chi connectivity index (χ0n) is 36.3. The van der Waals surface area contributed by atoms with Crippen LogP contribution in [0.5, 0.6) is 0 Å². The second-order valence-electron chi connectivity index (χ2n) is 17.3. The molecule has 3 heterocycles. The number of rotatable bonds is 16. The van der Waals surface area contributed by atoms with Crippen LogP contribution in [0.3, 0.4) is 0 Å². The van der Waals surface area contributed by atoms with Crippen LogP contribution < -0.4 is 0 Å². The van der Waals surface area contributed by atoms with Crippen molar-refractivity contribution in [3.8, 4) is 0 Å². The molecule has 0 spiro atoms. The van der Waals surface area contributed by atoms with Crippen molar-refractivity contribution < 1.29 is 71.7 Å². The van der Waals surface area contributed by atoms with Crippen LogP contribution in [0.2, 0.25) is 25.7 Å². The van der Waals surface area contributed by atoms with Crippen molar-refractivity contribution in [2.75, 3.05) is 19.8 Å². The summed E-state index contributed by atoms with van der Waals surface area (Å²) < 4.78 is 62.3. The molecule has 0 amide bonds. The Bertz CT molecular complexity index is 2170. The van der Waals surface area contributed by atoms with Crippen LogP contribution in [0, 0.1) is 0 Å². The molecule has 0 aliphatic carbocycles. The third-order valence-electron chi connectivity index (χ3n) is 10.8. The lowest BCUT2D eigenvalue weighted by Crippen LogP contribution is -2.65. The van der Waals surface area contributed by atoms with Crippen molar-refractivity contribution in [2.45, 2.75) is 107 Å². The van der Waals surface area contributed by atoms with Crippen LogP contribution >= 0.6 is 0 Å². The number of aliphatic hydroxyl groups excluding tert-OH is 1. The van der Waals surface area contributed by atoms with E-state index in [2.05, 4.69) is 19.6 Å². The Kier molecular flexibility index (Phi) is 15.1. The van der Waals surface area contributed by atoms with E-state index in [1.807, 2.05) is 0 Å². The van der Waals surface area contributed by atoms with Crippen molar-refractivity contribution in [3.05, 3.63) is 144 Å². The predicted octanol–water partition coefficient (Wildman–Crippen LogP) is 6.22. The molecule has 0 aromatic heterocycles. The summed E-state index contributed by atoms with van der Waals surface area (Å²) in [4.78, 5) is 54.0. The zero-order valence-corrected chi connectivity index (χ0v) is 37.3. The van der Waals surface area contributed by atoms with Crippen molar-refractivity contribution >= 4 is 32.0 Å². The maximum absolute atomic E-state index is 13.8. The van der Waals surface area contributed by atoms with Gasteiger partial charge in [0.1, 0.15) is 49.8 Å². The van der Waals surface area contributed by atoms with E-state index >= 15 is 0 Å². The molecule has 4 aromatic carbocycles. The average molecular weight is 899 g/mol. The van der Waals surface area contributed by atoms with Gasteiger partial charge in [0.25, 0.3) is 0 Å². The number of carbonyl (C=O) groups is 4. The van der Waals surface area contributed by atoms with Gasteiger partial charge in [0.15, 0.2) is 30.6 Å². The average Bonchev–Trinajstić information content (AvgIpc) is 3.63. The van der Waals surface area contributed by atoms with Crippen LogP contribution in [0.4, 0.5) is 0 Å². The Hall–Kier alpha value is -5.30. The highest BCUT2D eigenvalue weighted by Crippen LogP contribution is 2.41. The topological polar surface area (TPSA) is 181 Å². The molecule has 64 heavy (non-hydrogen) atoms. The molecule has 4 aromatic rings. The Morgan fingerprint density at radius 2 is 0.984 bits per heavy atom. The fourth-order valence-electron chi connectivity index (χ4n) is 7.46. The van der Waals surface area contributed by atoms with Gasteiger partial charge in [-0.05, 0) is 68.4 Å². The highest BCUT2D eigenvalue weighted by atomic mass is 28.3. The van der Waals surface area contributed by atoms with Gasteiger partial charge in [0.2, 0.25) is 0 Å². The highest BCUT2D eigenvalue weighted by Gasteiger charge is 2.60. The largest absolute Gasteiger partial charge is 0.459 e. The van der Waals surface area contributed by atoms with E-state index in [9.17, 15) is 24.3 Å². The molecule has 3 aliphatic rings. The second kappa shape index (κ2) is 20.7. The van der Waals surface area contributed by atoms with E-state index < -0.39 is 106 Å². The monoisotopic (exact) mass is 898 g/mol. The number of fused-ring (bicyclic) bond motifs is 1. The molecule has 3 saturated heterocycles. The van der Waals surface area contributed by atoms with Gasteiger partial charge >= 0.3 is 23.9 Å². The number of ether oxygens (including phenoxy) is 10. The van der Waals surface area contributed by atoms with Crippen LogP contribution in [0.15, 0.2) is 121 Å². The number of benzene rings is 4. The highest BCUT2D eigenvalue weighted by molar-refractivity contribution is 6.76. The Labute approximate surface area is 372 Å². The molecule has 15 nitrogen and oxygen atoms in total. The molecular formula is C48H54O15Si. The summed E-state index contributed by atoms with van der Waals surface area (Å²) in [6.45, 7) is 9.24. The molecule has 0 unspecified atom stereocenters. The van der Waals surface area contributed by atoms with Gasteiger partial charge in [0.05, 0.1) is 22.3 Å². The molecule has 0 radical (unpaired) electrons. The molecule has 340 valence electrons. The lowest BCUT2D eigenvalue weighted by molar-refractivity contribution is -0.351. The SMILES string of the molecule is CC1(C)O[C@H]2[C@@H](O1)[C@@H](COC(=O)c1ccccc1)O[C@@H](O[C@H]1[C@H](O)[C@@H](OC(=O)c3ccccc3)[C@@H](OCC[Si](C)(C)C)O[C@@H]1COC(=O)c1ccccc1)[C@@H]2OC(=O)c1ccccc1. The minimum Gasteiger partial charge on any atom is -0.459 e. The molecule has 1 N–H and O–H groups in total. The summed E-state index contributed by atoms with van der Waals surface area (Å²) in [5.74, 6) is -4.07. The number of aliphatic hydroxyl groups is 1. The zero-order chi connectivity index (χ0) is 45.4. The van der Waals surface area contributed by atoms with E-state index in [-0.39, 0.29) is 29.9 Å². The smallest absolute Gasteiger partial charge is 0.338 e. The van der Waals surface area contributed by atoms with E-state index in [1.54, 1.807) is 135 Å².